The lowest BCUT2D eigenvalue weighted by Crippen LogP contribution is -2.08. The SMILES string of the molecule is N#Cc1ccc(C(O)Cn2cccn2)cc1. The molecular weight excluding hydrogens is 202 g/mol. The molecule has 0 saturated carbocycles. The Labute approximate surface area is 93.4 Å². The van der Waals surface area contributed by atoms with Crippen LogP contribution in [0, 0.1) is 11.3 Å². The van der Waals surface area contributed by atoms with E-state index in [0.29, 0.717) is 12.1 Å². The van der Waals surface area contributed by atoms with Crippen molar-refractivity contribution in [3.8, 4) is 6.07 Å². The van der Waals surface area contributed by atoms with Crippen molar-refractivity contribution in [1.29, 1.82) is 5.26 Å². The van der Waals surface area contributed by atoms with Crippen molar-refractivity contribution in [2.75, 3.05) is 0 Å². The summed E-state index contributed by atoms with van der Waals surface area (Å²) in [6.45, 7) is 0.416. The maximum absolute atomic E-state index is 9.91. The number of nitrogens with zero attached hydrogens (tertiary/aromatic N) is 3. The number of aliphatic hydroxyl groups is 1. The highest BCUT2D eigenvalue weighted by molar-refractivity contribution is 5.32. The highest BCUT2D eigenvalue weighted by Gasteiger charge is 2.08. The largest absolute Gasteiger partial charge is 0.386 e. The van der Waals surface area contributed by atoms with Crippen LogP contribution in [-0.4, -0.2) is 14.9 Å². The third-order valence-corrected chi connectivity index (χ3v) is 2.34. The van der Waals surface area contributed by atoms with Crippen LogP contribution in [0.5, 0.6) is 0 Å². The monoisotopic (exact) mass is 213 g/mol. The zero-order valence-corrected chi connectivity index (χ0v) is 8.61. The van der Waals surface area contributed by atoms with Crippen LogP contribution in [-0.2, 0) is 6.54 Å². The molecule has 2 rings (SSSR count). The van der Waals surface area contributed by atoms with Gasteiger partial charge >= 0.3 is 0 Å². The molecule has 0 radical (unpaired) electrons. The quantitative estimate of drug-likeness (QED) is 0.840. The van der Waals surface area contributed by atoms with E-state index >= 15 is 0 Å². The number of aliphatic hydroxyl groups excluding tert-OH is 1. The predicted molar refractivity (Wildman–Crippen MR) is 58.3 cm³/mol. The highest BCUT2D eigenvalue weighted by Crippen LogP contribution is 2.15. The van der Waals surface area contributed by atoms with Crippen molar-refractivity contribution in [2.24, 2.45) is 0 Å². The third-order valence-electron chi connectivity index (χ3n) is 2.34. The third kappa shape index (κ3) is 2.27. The number of benzene rings is 1. The maximum Gasteiger partial charge on any atom is 0.0991 e. The molecule has 2 aromatic rings. The van der Waals surface area contributed by atoms with E-state index in [1.807, 2.05) is 12.1 Å². The first-order valence-electron chi connectivity index (χ1n) is 4.95. The van der Waals surface area contributed by atoms with Crippen molar-refractivity contribution >= 4 is 0 Å². The second kappa shape index (κ2) is 4.60. The Morgan fingerprint density at radius 3 is 2.69 bits per heavy atom. The van der Waals surface area contributed by atoms with Gasteiger partial charge in [-0.05, 0) is 23.8 Å². The van der Waals surface area contributed by atoms with Crippen LogP contribution in [0.1, 0.15) is 17.2 Å². The van der Waals surface area contributed by atoms with Crippen LogP contribution in [0.4, 0.5) is 0 Å². The average molecular weight is 213 g/mol. The fraction of sp³-hybridized carbons (Fsp3) is 0.167. The summed E-state index contributed by atoms with van der Waals surface area (Å²) < 4.78 is 1.67. The number of hydrogen-bond donors (Lipinski definition) is 1. The fourth-order valence-corrected chi connectivity index (χ4v) is 1.47. The van der Waals surface area contributed by atoms with E-state index in [1.165, 1.54) is 0 Å². The summed E-state index contributed by atoms with van der Waals surface area (Å²) in [4.78, 5) is 0. The molecular formula is C12H11N3O. The Morgan fingerprint density at radius 2 is 2.12 bits per heavy atom. The van der Waals surface area contributed by atoms with Crippen LogP contribution < -0.4 is 0 Å². The predicted octanol–water partition coefficient (Wildman–Crippen LogP) is 1.49. The molecule has 80 valence electrons. The van der Waals surface area contributed by atoms with Gasteiger partial charge in [-0.3, -0.25) is 4.68 Å². The molecule has 1 atom stereocenters. The zero-order valence-electron chi connectivity index (χ0n) is 8.61. The van der Waals surface area contributed by atoms with Gasteiger partial charge in [0.15, 0.2) is 0 Å². The van der Waals surface area contributed by atoms with Crippen LogP contribution >= 0.6 is 0 Å². The summed E-state index contributed by atoms with van der Waals surface area (Å²) in [5.41, 5.74) is 1.38. The number of nitriles is 1. The minimum absolute atomic E-state index is 0.416. The van der Waals surface area contributed by atoms with Crippen molar-refractivity contribution in [3.63, 3.8) is 0 Å². The highest BCUT2D eigenvalue weighted by atomic mass is 16.3. The first kappa shape index (κ1) is 10.4. The average Bonchev–Trinajstić information content (AvgIpc) is 2.82. The summed E-state index contributed by atoms with van der Waals surface area (Å²) in [7, 11) is 0. The molecule has 0 bridgehead atoms. The van der Waals surface area contributed by atoms with Crippen LogP contribution in [0.15, 0.2) is 42.7 Å². The Kier molecular flexibility index (Phi) is 2.99. The first-order chi connectivity index (χ1) is 7.79. The molecule has 0 saturated heterocycles. The second-order valence-electron chi connectivity index (χ2n) is 3.48. The standard InChI is InChI=1S/C12H11N3O/c13-8-10-2-4-11(5-3-10)12(16)9-15-7-1-6-14-15/h1-7,12,16H,9H2. The van der Waals surface area contributed by atoms with Gasteiger partial charge in [0, 0.05) is 12.4 Å². The smallest absolute Gasteiger partial charge is 0.0991 e. The second-order valence-corrected chi connectivity index (χ2v) is 3.48. The molecule has 1 unspecified atom stereocenters. The Morgan fingerprint density at radius 1 is 1.38 bits per heavy atom. The van der Waals surface area contributed by atoms with E-state index in [9.17, 15) is 5.11 Å². The minimum Gasteiger partial charge on any atom is -0.386 e. The molecule has 4 nitrogen and oxygen atoms in total. The van der Waals surface area contributed by atoms with Gasteiger partial charge in [-0.25, -0.2) is 0 Å². The van der Waals surface area contributed by atoms with Crippen molar-refractivity contribution in [1.82, 2.24) is 9.78 Å². The molecule has 0 amide bonds. The lowest BCUT2D eigenvalue weighted by atomic mass is 10.1. The first-order valence-corrected chi connectivity index (χ1v) is 4.95. The lowest BCUT2D eigenvalue weighted by molar-refractivity contribution is 0.151. The van der Waals surface area contributed by atoms with Gasteiger partial charge in [0.05, 0.1) is 24.3 Å². The van der Waals surface area contributed by atoms with E-state index in [1.54, 1.807) is 41.3 Å². The fourth-order valence-electron chi connectivity index (χ4n) is 1.47. The maximum atomic E-state index is 9.91. The summed E-state index contributed by atoms with van der Waals surface area (Å²) in [5.74, 6) is 0. The Balaban J connectivity index is 2.09. The number of hydrogen-bond acceptors (Lipinski definition) is 3. The summed E-state index contributed by atoms with van der Waals surface area (Å²) in [5, 5.41) is 22.6. The minimum atomic E-state index is -0.604. The van der Waals surface area contributed by atoms with Crippen LogP contribution in [0.2, 0.25) is 0 Å². The van der Waals surface area contributed by atoms with Crippen molar-refractivity contribution in [3.05, 3.63) is 53.9 Å². The molecule has 0 aliphatic rings. The Hall–Kier alpha value is -2.12. The van der Waals surface area contributed by atoms with Crippen LogP contribution in [0.3, 0.4) is 0 Å². The summed E-state index contributed by atoms with van der Waals surface area (Å²) >= 11 is 0. The molecule has 0 spiro atoms. The van der Waals surface area contributed by atoms with Gasteiger partial charge in [0.25, 0.3) is 0 Å². The van der Waals surface area contributed by atoms with Crippen molar-refractivity contribution < 1.29 is 5.11 Å². The van der Waals surface area contributed by atoms with Gasteiger partial charge in [-0.1, -0.05) is 12.1 Å². The molecule has 1 heterocycles. The van der Waals surface area contributed by atoms with E-state index in [-0.39, 0.29) is 0 Å². The molecule has 1 aromatic carbocycles. The normalized spacial score (nSPS) is 12.0. The number of rotatable bonds is 3. The molecule has 0 aliphatic heterocycles. The molecule has 1 N–H and O–H groups in total. The molecule has 16 heavy (non-hydrogen) atoms. The van der Waals surface area contributed by atoms with Crippen molar-refractivity contribution in [2.45, 2.75) is 12.6 Å². The number of aromatic nitrogens is 2. The van der Waals surface area contributed by atoms with E-state index in [0.717, 1.165) is 5.56 Å². The summed E-state index contributed by atoms with van der Waals surface area (Å²) in [6, 6.07) is 10.8. The van der Waals surface area contributed by atoms with Gasteiger partial charge in [0.2, 0.25) is 0 Å². The lowest BCUT2D eigenvalue weighted by Gasteiger charge is -2.10. The van der Waals surface area contributed by atoms with E-state index in [4.69, 9.17) is 5.26 Å². The molecule has 1 aromatic heterocycles. The molecule has 0 aliphatic carbocycles. The van der Waals surface area contributed by atoms with Gasteiger partial charge in [0.1, 0.15) is 0 Å². The summed E-state index contributed by atoms with van der Waals surface area (Å²) in [6.07, 6.45) is 2.87. The van der Waals surface area contributed by atoms with Gasteiger partial charge < -0.3 is 5.11 Å². The Bertz CT molecular complexity index is 482. The van der Waals surface area contributed by atoms with Crippen LogP contribution in [0.25, 0.3) is 0 Å². The molecule has 4 heteroatoms. The zero-order chi connectivity index (χ0) is 11.4. The topological polar surface area (TPSA) is 61.8 Å². The van der Waals surface area contributed by atoms with E-state index < -0.39 is 6.10 Å². The van der Waals surface area contributed by atoms with Gasteiger partial charge in [-0.2, -0.15) is 10.4 Å². The van der Waals surface area contributed by atoms with E-state index in [2.05, 4.69) is 5.10 Å². The van der Waals surface area contributed by atoms with Gasteiger partial charge in [-0.15, -0.1) is 0 Å². The molecule has 0 fully saturated rings.